The van der Waals surface area contributed by atoms with Crippen LogP contribution in [0.1, 0.15) is 21.7 Å². The number of aromatic carboxylic acids is 1. The largest absolute Gasteiger partial charge is 0.478 e. The summed E-state index contributed by atoms with van der Waals surface area (Å²) < 4.78 is 2.00. The lowest BCUT2D eigenvalue weighted by Crippen LogP contribution is -2.05. The van der Waals surface area contributed by atoms with E-state index >= 15 is 0 Å². The van der Waals surface area contributed by atoms with Gasteiger partial charge in [0.2, 0.25) is 0 Å². The van der Waals surface area contributed by atoms with Crippen LogP contribution in [0, 0.1) is 13.8 Å². The number of benzene rings is 1. The van der Waals surface area contributed by atoms with Gasteiger partial charge >= 0.3 is 5.97 Å². The van der Waals surface area contributed by atoms with Gasteiger partial charge in [0.25, 0.3) is 0 Å². The maximum Gasteiger partial charge on any atom is 0.335 e. The minimum Gasteiger partial charge on any atom is -0.478 e. The third kappa shape index (κ3) is 1.89. The second-order valence-corrected chi connectivity index (χ2v) is 4.03. The molecule has 2 aromatic rings. The van der Waals surface area contributed by atoms with E-state index in [4.69, 9.17) is 10.8 Å². The van der Waals surface area contributed by atoms with Gasteiger partial charge in [-0.25, -0.2) is 4.79 Å². The fourth-order valence-electron chi connectivity index (χ4n) is 1.94. The summed E-state index contributed by atoms with van der Waals surface area (Å²) in [5.41, 5.74) is 9.52. The minimum atomic E-state index is -0.968. The molecule has 0 spiro atoms. The molecule has 0 saturated heterocycles. The molecule has 17 heavy (non-hydrogen) atoms. The van der Waals surface area contributed by atoms with Crippen molar-refractivity contribution in [1.82, 2.24) is 4.57 Å². The summed E-state index contributed by atoms with van der Waals surface area (Å²) in [4.78, 5) is 10.8. The zero-order chi connectivity index (χ0) is 12.6. The highest BCUT2D eigenvalue weighted by molar-refractivity contribution is 5.89. The second kappa shape index (κ2) is 3.97. The molecule has 0 saturated carbocycles. The van der Waals surface area contributed by atoms with Crippen LogP contribution in [0.3, 0.4) is 0 Å². The van der Waals surface area contributed by atoms with E-state index in [9.17, 15) is 4.79 Å². The number of nitrogen functional groups attached to an aromatic ring is 1. The molecular formula is C13H14N2O2. The monoisotopic (exact) mass is 230 g/mol. The Balaban J connectivity index is 2.58. The number of nitrogens with two attached hydrogens (primary N) is 1. The molecule has 1 aromatic carbocycles. The molecule has 88 valence electrons. The van der Waals surface area contributed by atoms with E-state index in [1.54, 1.807) is 12.1 Å². The fraction of sp³-hybridized carbons (Fsp3) is 0.154. The molecule has 0 radical (unpaired) electrons. The van der Waals surface area contributed by atoms with Crippen molar-refractivity contribution in [2.45, 2.75) is 13.8 Å². The van der Waals surface area contributed by atoms with Gasteiger partial charge in [0.05, 0.1) is 16.9 Å². The molecule has 2 rings (SSSR count). The number of carboxylic acids is 1. The van der Waals surface area contributed by atoms with Crippen molar-refractivity contribution in [1.29, 1.82) is 0 Å². The van der Waals surface area contributed by atoms with Gasteiger partial charge in [0.1, 0.15) is 0 Å². The van der Waals surface area contributed by atoms with Crippen LogP contribution in [0.25, 0.3) is 5.69 Å². The quantitative estimate of drug-likeness (QED) is 0.778. The third-order valence-electron chi connectivity index (χ3n) is 2.79. The van der Waals surface area contributed by atoms with Crippen LogP contribution in [0.2, 0.25) is 0 Å². The number of hydrogen-bond donors (Lipinski definition) is 2. The summed E-state index contributed by atoms with van der Waals surface area (Å²) in [6.07, 6.45) is 0. The predicted molar refractivity (Wildman–Crippen MR) is 66.6 cm³/mol. The molecule has 0 amide bonds. The van der Waals surface area contributed by atoms with Crippen LogP contribution in [0.4, 0.5) is 5.69 Å². The maximum absolute atomic E-state index is 10.8. The van der Waals surface area contributed by atoms with Crippen molar-refractivity contribution < 1.29 is 9.90 Å². The normalized spacial score (nSPS) is 10.5. The first kappa shape index (κ1) is 11.3. The van der Waals surface area contributed by atoms with Crippen LogP contribution in [-0.4, -0.2) is 15.6 Å². The van der Waals surface area contributed by atoms with Crippen LogP contribution in [0.5, 0.6) is 0 Å². The third-order valence-corrected chi connectivity index (χ3v) is 2.79. The fourth-order valence-corrected chi connectivity index (χ4v) is 1.94. The van der Waals surface area contributed by atoms with Crippen molar-refractivity contribution in [2.24, 2.45) is 0 Å². The summed E-state index contributed by atoms with van der Waals surface area (Å²) in [6, 6.07) is 8.78. The number of carbonyl (C=O) groups is 1. The smallest absolute Gasteiger partial charge is 0.335 e. The van der Waals surface area contributed by atoms with Crippen LogP contribution < -0.4 is 5.73 Å². The van der Waals surface area contributed by atoms with Gasteiger partial charge in [0, 0.05) is 11.4 Å². The highest BCUT2D eigenvalue weighted by atomic mass is 16.4. The number of carboxylic acid groups (broad SMARTS) is 1. The Morgan fingerprint density at radius 2 is 1.76 bits per heavy atom. The van der Waals surface area contributed by atoms with Crippen molar-refractivity contribution in [3.63, 3.8) is 0 Å². The van der Waals surface area contributed by atoms with Gasteiger partial charge in [-0.05, 0) is 44.2 Å². The average molecular weight is 230 g/mol. The molecule has 4 nitrogen and oxygen atoms in total. The zero-order valence-electron chi connectivity index (χ0n) is 9.77. The molecule has 1 heterocycles. The summed E-state index contributed by atoms with van der Waals surface area (Å²) >= 11 is 0. The van der Waals surface area contributed by atoms with Gasteiger partial charge in [-0.1, -0.05) is 0 Å². The number of aromatic nitrogens is 1. The van der Waals surface area contributed by atoms with E-state index in [1.165, 1.54) is 6.07 Å². The predicted octanol–water partition coefficient (Wildman–Crippen LogP) is 2.37. The highest BCUT2D eigenvalue weighted by Gasteiger charge is 2.10. The van der Waals surface area contributed by atoms with Crippen LogP contribution in [0.15, 0.2) is 30.3 Å². The highest BCUT2D eigenvalue weighted by Crippen LogP contribution is 2.23. The lowest BCUT2D eigenvalue weighted by Gasteiger charge is -2.12. The zero-order valence-corrected chi connectivity index (χ0v) is 9.77. The molecule has 0 aliphatic heterocycles. The van der Waals surface area contributed by atoms with Crippen molar-refractivity contribution in [2.75, 3.05) is 5.73 Å². The Morgan fingerprint density at radius 1 is 1.18 bits per heavy atom. The standard InChI is InChI=1S/C13H14N2O2/c1-8-3-4-9(2)15(8)12-6-5-10(13(16)17)7-11(12)14/h3-7H,14H2,1-2H3,(H,16,17). The Labute approximate surface area is 99.3 Å². The Hall–Kier alpha value is -2.23. The molecular weight excluding hydrogens is 216 g/mol. The molecule has 1 aromatic heterocycles. The van der Waals surface area contributed by atoms with Gasteiger partial charge in [-0.2, -0.15) is 0 Å². The van der Waals surface area contributed by atoms with E-state index in [-0.39, 0.29) is 5.56 Å². The molecule has 4 heteroatoms. The van der Waals surface area contributed by atoms with Crippen LogP contribution >= 0.6 is 0 Å². The van der Waals surface area contributed by atoms with E-state index in [0.29, 0.717) is 5.69 Å². The Kier molecular flexibility index (Phi) is 2.63. The lowest BCUT2D eigenvalue weighted by atomic mass is 10.1. The number of aryl methyl sites for hydroxylation is 2. The molecule has 3 N–H and O–H groups in total. The minimum absolute atomic E-state index is 0.203. The summed E-state index contributed by atoms with van der Waals surface area (Å²) in [5, 5.41) is 8.88. The summed E-state index contributed by atoms with van der Waals surface area (Å²) in [6.45, 7) is 3.97. The van der Waals surface area contributed by atoms with Crippen LogP contribution in [-0.2, 0) is 0 Å². The SMILES string of the molecule is Cc1ccc(C)n1-c1ccc(C(=O)O)cc1N. The van der Waals surface area contributed by atoms with E-state index in [1.807, 2.05) is 30.5 Å². The topological polar surface area (TPSA) is 68.2 Å². The van der Waals surface area contributed by atoms with E-state index < -0.39 is 5.97 Å². The lowest BCUT2D eigenvalue weighted by molar-refractivity contribution is 0.0697. The van der Waals surface area contributed by atoms with Gasteiger partial charge < -0.3 is 15.4 Å². The van der Waals surface area contributed by atoms with Crippen molar-refractivity contribution in [3.8, 4) is 5.69 Å². The first-order valence-corrected chi connectivity index (χ1v) is 5.29. The number of nitrogens with zero attached hydrogens (tertiary/aromatic N) is 1. The Bertz CT molecular complexity index is 566. The first-order chi connectivity index (χ1) is 8.00. The molecule has 0 bridgehead atoms. The number of anilines is 1. The molecule has 0 fully saturated rings. The van der Waals surface area contributed by atoms with Gasteiger partial charge in [-0.3, -0.25) is 0 Å². The maximum atomic E-state index is 10.8. The number of rotatable bonds is 2. The molecule has 0 unspecified atom stereocenters. The van der Waals surface area contributed by atoms with Crippen molar-refractivity contribution >= 4 is 11.7 Å². The second-order valence-electron chi connectivity index (χ2n) is 4.03. The Morgan fingerprint density at radius 3 is 2.24 bits per heavy atom. The molecule has 0 aliphatic rings. The van der Waals surface area contributed by atoms with E-state index in [0.717, 1.165) is 17.1 Å². The first-order valence-electron chi connectivity index (χ1n) is 5.29. The molecule has 0 aliphatic carbocycles. The summed E-state index contributed by atoms with van der Waals surface area (Å²) in [5.74, 6) is -0.968. The van der Waals surface area contributed by atoms with E-state index in [2.05, 4.69) is 0 Å². The average Bonchev–Trinajstić information content (AvgIpc) is 2.59. The van der Waals surface area contributed by atoms with Gasteiger partial charge in [-0.15, -0.1) is 0 Å². The van der Waals surface area contributed by atoms with Crippen molar-refractivity contribution in [3.05, 3.63) is 47.3 Å². The van der Waals surface area contributed by atoms with Gasteiger partial charge in [0.15, 0.2) is 0 Å². The molecule has 0 atom stereocenters. The summed E-state index contributed by atoms with van der Waals surface area (Å²) in [7, 11) is 0. The number of hydrogen-bond acceptors (Lipinski definition) is 2.